The van der Waals surface area contributed by atoms with Crippen molar-refractivity contribution < 1.29 is 9.13 Å². The van der Waals surface area contributed by atoms with Gasteiger partial charge in [0.2, 0.25) is 0 Å². The Morgan fingerprint density at radius 3 is 2.91 bits per heavy atom. The summed E-state index contributed by atoms with van der Waals surface area (Å²) in [6.07, 6.45) is 5.42. The Balaban J connectivity index is 1.28. The first-order valence-electron chi connectivity index (χ1n) is 11.4. The molecule has 0 atom stereocenters. The van der Waals surface area contributed by atoms with Crippen molar-refractivity contribution in [3.05, 3.63) is 82.6 Å². The van der Waals surface area contributed by atoms with Gasteiger partial charge in [-0.2, -0.15) is 5.10 Å². The lowest BCUT2D eigenvalue weighted by Gasteiger charge is -2.15. The second-order valence-electron chi connectivity index (χ2n) is 8.32. The number of benzene rings is 2. The lowest BCUT2D eigenvalue weighted by Crippen LogP contribution is -2.08. The standard InChI is InChI=1S/C26H21ClFN5OS/c1-2-33-21-8-7-18-23-25(29-14-30-26(23)35-24(18)19(21)12-31-33)32-17-6-9-22(20(27)11-17)34-13-15-4-3-5-16(28)10-15/h3-6,9-12,14H,2,7-8,13H2,1H3,(H,29,30,32). The number of thiophene rings is 1. The first-order chi connectivity index (χ1) is 17.1. The van der Waals surface area contributed by atoms with Gasteiger partial charge in [0, 0.05) is 28.4 Å². The number of halogens is 2. The van der Waals surface area contributed by atoms with Crippen molar-refractivity contribution in [2.24, 2.45) is 0 Å². The van der Waals surface area contributed by atoms with Gasteiger partial charge in [-0.1, -0.05) is 23.7 Å². The molecule has 9 heteroatoms. The molecule has 176 valence electrons. The molecule has 35 heavy (non-hydrogen) atoms. The number of aryl methyl sites for hydroxylation is 2. The molecular weight excluding hydrogens is 485 g/mol. The van der Waals surface area contributed by atoms with Gasteiger partial charge in [0.25, 0.3) is 0 Å². The molecular formula is C26H21ClFN5OS. The second-order valence-corrected chi connectivity index (χ2v) is 9.73. The molecule has 0 unspecified atom stereocenters. The quantitative estimate of drug-likeness (QED) is 0.275. The molecule has 0 aliphatic heterocycles. The molecule has 1 aliphatic carbocycles. The molecule has 0 spiro atoms. The lowest BCUT2D eigenvalue weighted by molar-refractivity contribution is 0.306. The third kappa shape index (κ3) is 4.02. The number of hydrogen-bond donors (Lipinski definition) is 1. The van der Waals surface area contributed by atoms with Gasteiger partial charge in [-0.3, -0.25) is 4.68 Å². The van der Waals surface area contributed by atoms with E-state index in [0.717, 1.165) is 46.7 Å². The highest BCUT2D eigenvalue weighted by Gasteiger charge is 2.26. The Morgan fingerprint density at radius 2 is 2.09 bits per heavy atom. The zero-order valence-corrected chi connectivity index (χ0v) is 20.5. The van der Waals surface area contributed by atoms with Gasteiger partial charge in [-0.25, -0.2) is 14.4 Å². The van der Waals surface area contributed by atoms with Crippen molar-refractivity contribution >= 4 is 44.7 Å². The Morgan fingerprint density at radius 1 is 1.17 bits per heavy atom. The number of fused-ring (bicyclic) bond motifs is 5. The van der Waals surface area contributed by atoms with E-state index in [-0.39, 0.29) is 12.4 Å². The molecule has 0 radical (unpaired) electrons. The topological polar surface area (TPSA) is 64.9 Å². The van der Waals surface area contributed by atoms with Crippen LogP contribution in [0.1, 0.15) is 23.7 Å². The van der Waals surface area contributed by atoms with Crippen molar-refractivity contribution in [3.63, 3.8) is 0 Å². The van der Waals surface area contributed by atoms with Crippen LogP contribution >= 0.6 is 22.9 Å². The predicted molar refractivity (Wildman–Crippen MR) is 137 cm³/mol. The Hall–Kier alpha value is -3.49. The summed E-state index contributed by atoms with van der Waals surface area (Å²) in [6.45, 7) is 3.21. The zero-order chi connectivity index (χ0) is 23.9. The Labute approximate surface area is 210 Å². The minimum atomic E-state index is -0.293. The van der Waals surface area contributed by atoms with Crippen LogP contribution in [0.4, 0.5) is 15.9 Å². The van der Waals surface area contributed by atoms with E-state index in [2.05, 4.69) is 32.0 Å². The van der Waals surface area contributed by atoms with E-state index in [1.807, 2.05) is 18.3 Å². The van der Waals surface area contributed by atoms with Gasteiger partial charge in [0.1, 0.15) is 35.1 Å². The van der Waals surface area contributed by atoms with Crippen LogP contribution in [-0.2, 0) is 26.0 Å². The van der Waals surface area contributed by atoms with Crippen molar-refractivity contribution in [1.82, 2.24) is 19.7 Å². The summed E-state index contributed by atoms with van der Waals surface area (Å²) in [6, 6.07) is 11.8. The molecule has 3 heterocycles. The summed E-state index contributed by atoms with van der Waals surface area (Å²) in [5.74, 6) is 0.991. The molecule has 1 aliphatic rings. The Bertz CT molecular complexity index is 1560. The SMILES string of the molecule is CCn1ncc2c1CCc1c-2sc2ncnc(Nc3ccc(OCc4cccc(F)c4)c(Cl)c3)c12. The summed E-state index contributed by atoms with van der Waals surface area (Å²) in [4.78, 5) is 11.3. The number of ether oxygens (including phenoxy) is 1. The fraction of sp³-hybridized carbons (Fsp3) is 0.192. The van der Waals surface area contributed by atoms with E-state index in [1.165, 1.54) is 33.8 Å². The zero-order valence-electron chi connectivity index (χ0n) is 18.9. The van der Waals surface area contributed by atoms with E-state index in [9.17, 15) is 4.39 Å². The van der Waals surface area contributed by atoms with Crippen LogP contribution in [0.3, 0.4) is 0 Å². The van der Waals surface area contributed by atoms with Gasteiger partial charge < -0.3 is 10.1 Å². The van der Waals surface area contributed by atoms with Crippen molar-refractivity contribution in [1.29, 1.82) is 0 Å². The van der Waals surface area contributed by atoms with Gasteiger partial charge in [0.05, 0.1) is 16.6 Å². The second kappa shape index (κ2) is 8.94. The van der Waals surface area contributed by atoms with Crippen molar-refractivity contribution in [3.8, 4) is 16.2 Å². The van der Waals surface area contributed by atoms with Crippen LogP contribution < -0.4 is 10.1 Å². The first kappa shape index (κ1) is 22.0. The average molecular weight is 506 g/mol. The summed E-state index contributed by atoms with van der Waals surface area (Å²) >= 11 is 8.18. The minimum absolute atomic E-state index is 0.231. The maximum Gasteiger partial charge on any atom is 0.142 e. The van der Waals surface area contributed by atoms with E-state index in [1.54, 1.807) is 35.9 Å². The highest BCUT2D eigenvalue weighted by Crippen LogP contribution is 2.45. The maximum atomic E-state index is 13.4. The van der Waals surface area contributed by atoms with E-state index in [0.29, 0.717) is 10.8 Å². The molecule has 5 aromatic rings. The maximum absolute atomic E-state index is 13.4. The van der Waals surface area contributed by atoms with Crippen LogP contribution in [0, 0.1) is 5.82 Å². The molecule has 6 rings (SSSR count). The third-order valence-corrected chi connectivity index (χ3v) is 7.64. The fourth-order valence-corrected chi connectivity index (χ4v) is 6.00. The van der Waals surface area contributed by atoms with Crippen LogP contribution in [0.2, 0.25) is 5.02 Å². The van der Waals surface area contributed by atoms with Gasteiger partial charge in [-0.05, 0) is 61.2 Å². The molecule has 0 saturated heterocycles. The molecule has 6 nitrogen and oxygen atoms in total. The summed E-state index contributed by atoms with van der Waals surface area (Å²) < 4.78 is 21.3. The fourth-order valence-electron chi connectivity index (χ4n) is 4.54. The van der Waals surface area contributed by atoms with E-state index in [4.69, 9.17) is 16.3 Å². The molecule has 1 N–H and O–H groups in total. The minimum Gasteiger partial charge on any atom is -0.487 e. The number of aromatic nitrogens is 4. The number of rotatable bonds is 6. The van der Waals surface area contributed by atoms with E-state index >= 15 is 0 Å². The van der Waals surface area contributed by atoms with Gasteiger partial charge >= 0.3 is 0 Å². The van der Waals surface area contributed by atoms with Gasteiger partial charge in [-0.15, -0.1) is 11.3 Å². The van der Waals surface area contributed by atoms with Crippen LogP contribution in [0.5, 0.6) is 5.75 Å². The van der Waals surface area contributed by atoms with Crippen LogP contribution in [-0.4, -0.2) is 19.7 Å². The van der Waals surface area contributed by atoms with Crippen molar-refractivity contribution in [2.45, 2.75) is 32.9 Å². The number of hydrogen-bond acceptors (Lipinski definition) is 6. The number of nitrogens with zero attached hydrogens (tertiary/aromatic N) is 4. The normalized spacial score (nSPS) is 12.4. The molecule has 0 fully saturated rings. The van der Waals surface area contributed by atoms with E-state index < -0.39 is 0 Å². The summed E-state index contributed by atoms with van der Waals surface area (Å²) in [7, 11) is 0. The Kier molecular flexibility index (Phi) is 5.62. The highest BCUT2D eigenvalue weighted by molar-refractivity contribution is 7.22. The molecule has 2 aromatic carbocycles. The lowest BCUT2D eigenvalue weighted by atomic mass is 9.95. The number of anilines is 2. The van der Waals surface area contributed by atoms with Crippen LogP contribution in [0.25, 0.3) is 20.7 Å². The molecule has 0 amide bonds. The highest BCUT2D eigenvalue weighted by atomic mass is 35.5. The predicted octanol–water partition coefficient (Wildman–Crippen LogP) is 6.79. The number of nitrogens with one attached hydrogen (secondary N) is 1. The average Bonchev–Trinajstić information content (AvgIpc) is 3.45. The third-order valence-electron chi connectivity index (χ3n) is 6.17. The molecule has 3 aromatic heterocycles. The van der Waals surface area contributed by atoms with Crippen LogP contribution in [0.15, 0.2) is 55.0 Å². The molecule has 0 saturated carbocycles. The monoisotopic (exact) mass is 505 g/mol. The largest absolute Gasteiger partial charge is 0.487 e. The summed E-state index contributed by atoms with van der Waals surface area (Å²) in [5, 5.41) is 9.48. The van der Waals surface area contributed by atoms with Gasteiger partial charge in [0.15, 0.2) is 0 Å². The molecule has 0 bridgehead atoms. The first-order valence-corrected chi connectivity index (χ1v) is 12.6. The van der Waals surface area contributed by atoms with Crippen molar-refractivity contribution in [2.75, 3.05) is 5.32 Å². The smallest absolute Gasteiger partial charge is 0.142 e. The summed E-state index contributed by atoms with van der Waals surface area (Å²) in [5.41, 5.74) is 5.28.